The number of esters is 2. The number of rotatable bonds is 39. The van der Waals surface area contributed by atoms with Crippen LogP contribution in [0.4, 0.5) is 0 Å². The number of phosphoric acid groups is 1. The predicted molar refractivity (Wildman–Crippen MR) is 224 cm³/mol. The highest BCUT2D eigenvalue weighted by atomic mass is 31.2. The second-order valence-electron chi connectivity index (χ2n) is 13.9. The summed E-state index contributed by atoms with van der Waals surface area (Å²) in [6.07, 6.45) is 46.9. The third-order valence-corrected chi connectivity index (χ3v) is 9.65. The van der Waals surface area contributed by atoms with Gasteiger partial charge in [0.15, 0.2) is 6.10 Å². The van der Waals surface area contributed by atoms with Crippen molar-refractivity contribution in [3.05, 3.63) is 60.8 Å². The van der Waals surface area contributed by atoms with Gasteiger partial charge in [-0.1, -0.05) is 171 Å². The molecule has 0 saturated carbocycles. The molecule has 2 atom stereocenters. The SMILES string of the molecule is CCCCC/C=C\C/C=C\C/C=C\C/C=C\C/C=C\CCC(=O)OC(COC(=O)CCCCCCCCCCCCCCCC)COP(=O)(O)OCCN. The van der Waals surface area contributed by atoms with Crippen molar-refractivity contribution < 1.29 is 37.6 Å². The fourth-order valence-electron chi connectivity index (χ4n) is 5.50. The molecule has 0 saturated heterocycles. The van der Waals surface area contributed by atoms with Crippen molar-refractivity contribution >= 4 is 19.8 Å². The van der Waals surface area contributed by atoms with Crippen LogP contribution in [-0.4, -0.2) is 49.3 Å². The number of hydrogen-bond donors (Lipinski definition) is 2. The predicted octanol–water partition coefficient (Wildman–Crippen LogP) is 12.1. The maximum Gasteiger partial charge on any atom is 0.472 e. The summed E-state index contributed by atoms with van der Waals surface area (Å²) in [5, 5.41) is 0. The largest absolute Gasteiger partial charge is 0.472 e. The lowest BCUT2D eigenvalue weighted by Gasteiger charge is -2.19. The number of carbonyl (C=O) groups is 2. The lowest BCUT2D eigenvalue weighted by Crippen LogP contribution is -2.29. The third kappa shape index (κ3) is 39.4. The van der Waals surface area contributed by atoms with Crippen LogP contribution < -0.4 is 5.73 Å². The van der Waals surface area contributed by atoms with Crippen LogP contribution in [0.25, 0.3) is 0 Å². The molecule has 9 nitrogen and oxygen atoms in total. The molecule has 0 aromatic heterocycles. The van der Waals surface area contributed by atoms with Crippen molar-refractivity contribution in [2.75, 3.05) is 26.4 Å². The average molecular weight is 780 g/mol. The van der Waals surface area contributed by atoms with Gasteiger partial charge in [0.1, 0.15) is 6.61 Å². The normalized spacial score (nSPS) is 13.9. The van der Waals surface area contributed by atoms with Crippen molar-refractivity contribution in [2.24, 2.45) is 5.73 Å². The van der Waals surface area contributed by atoms with Gasteiger partial charge in [-0.2, -0.15) is 0 Å². The quantitative estimate of drug-likeness (QED) is 0.0270. The highest BCUT2D eigenvalue weighted by Crippen LogP contribution is 2.43. The van der Waals surface area contributed by atoms with Gasteiger partial charge in [-0.25, -0.2) is 4.57 Å². The summed E-state index contributed by atoms with van der Waals surface area (Å²) in [5.41, 5.74) is 5.34. The minimum atomic E-state index is -4.40. The Morgan fingerprint density at radius 2 is 1.00 bits per heavy atom. The molecule has 0 rings (SSSR count). The van der Waals surface area contributed by atoms with E-state index >= 15 is 0 Å². The van der Waals surface area contributed by atoms with E-state index < -0.39 is 32.5 Å². The molecule has 0 aliphatic heterocycles. The van der Waals surface area contributed by atoms with Crippen LogP contribution in [0.5, 0.6) is 0 Å². The Morgan fingerprint density at radius 3 is 1.50 bits per heavy atom. The van der Waals surface area contributed by atoms with Gasteiger partial charge in [-0.3, -0.25) is 18.6 Å². The number of nitrogens with two attached hydrogens (primary N) is 1. The van der Waals surface area contributed by atoms with Crippen LogP contribution in [0.3, 0.4) is 0 Å². The summed E-state index contributed by atoms with van der Waals surface area (Å²) < 4.78 is 32.7. The first-order chi connectivity index (χ1) is 26.3. The molecule has 0 spiro atoms. The summed E-state index contributed by atoms with van der Waals surface area (Å²) in [6.45, 7) is 3.61. The van der Waals surface area contributed by atoms with Gasteiger partial charge in [0.25, 0.3) is 0 Å². The van der Waals surface area contributed by atoms with E-state index in [1.165, 1.54) is 96.3 Å². The highest BCUT2D eigenvalue weighted by Gasteiger charge is 2.25. The molecule has 0 fully saturated rings. The number of phosphoric ester groups is 1. The molecule has 0 aliphatic carbocycles. The average Bonchev–Trinajstić information content (AvgIpc) is 3.16. The zero-order valence-electron chi connectivity index (χ0n) is 34.2. The van der Waals surface area contributed by atoms with Crippen molar-refractivity contribution in [1.29, 1.82) is 0 Å². The van der Waals surface area contributed by atoms with Gasteiger partial charge >= 0.3 is 19.8 Å². The number of unbranched alkanes of at least 4 members (excludes halogenated alkanes) is 16. The molecule has 54 heavy (non-hydrogen) atoms. The first kappa shape index (κ1) is 51.7. The molecular formula is C44H78NO8P. The molecule has 10 heteroatoms. The Balaban J connectivity index is 4.30. The molecule has 2 unspecified atom stereocenters. The van der Waals surface area contributed by atoms with Crippen LogP contribution in [-0.2, 0) is 32.7 Å². The number of ether oxygens (including phenoxy) is 2. The maximum absolute atomic E-state index is 12.5. The van der Waals surface area contributed by atoms with E-state index in [4.69, 9.17) is 24.3 Å². The molecular weight excluding hydrogens is 701 g/mol. The van der Waals surface area contributed by atoms with Crippen LogP contribution >= 0.6 is 7.82 Å². The van der Waals surface area contributed by atoms with E-state index in [0.717, 1.165) is 44.9 Å². The first-order valence-corrected chi connectivity index (χ1v) is 22.8. The van der Waals surface area contributed by atoms with Gasteiger partial charge in [0.2, 0.25) is 0 Å². The summed E-state index contributed by atoms with van der Waals surface area (Å²) >= 11 is 0. The summed E-state index contributed by atoms with van der Waals surface area (Å²) in [7, 11) is -4.40. The van der Waals surface area contributed by atoms with E-state index in [0.29, 0.717) is 6.42 Å². The molecule has 0 bridgehead atoms. The minimum Gasteiger partial charge on any atom is -0.462 e. The molecule has 0 heterocycles. The van der Waals surface area contributed by atoms with Gasteiger partial charge in [0, 0.05) is 19.4 Å². The Hall–Kier alpha value is -2.29. The van der Waals surface area contributed by atoms with Gasteiger partial charge in [-0.15, -0.1) is 0 Å². The monoisotopic (exact) mass is 780 g/mol. The molecule has 3 N–H and O–H groups in total. The first-order valence-electron chi connectivity index (χ1n) is 21.3. The molecule has 0 aliphatic rings. The van der Waals surface area contributed by atoms with E-state index in [2.05, 4.69) is 62.5 Å². The zero-order chi connectivity index (χ0) is 39.6. The van der Waals surface area contributed by atoms with Crippen LogP contribution in [0, 0.1) is 0 Å². The lowest BCUT2D eigenvalue weighted by molar-refractivity contribution is -0.161. The fourth-order valence-corrected chi connectivity index (χ4v) is 6.26. The molecule has 0 amide bonds. The fraction of sp³-hybridized carbons (Fsp3) is 0.727. The van der Waals surface area contributed by atoms with Gasteiger partial charge in [-0.05, 0) is 51.4 Å². The van der Waals surface area contributed by atoms with Crippen LogP contribution in [0.1, 0.15) is 174 Å². The van der Waals surface area contributed by atoms with Crippen molar-refractivity contribution in [2.45, 2.75) is 180 Å². The second kappa shape index (κ2) is 40.4. The zero-order valence-corrected chi connectivity index (χ0v) is 35.1. The minimum absolute atomic E-state index is 0.0408. The Morgan fingerprint density at radius 1 is 0.556 bits per heavy atom. The number of allylic oxidation sites excluding steroid dienone is 10. The van der Waals surface area contributed by atoms with Crippen LogP contribution in [0.15, 0.2) is 60.8 Å². The van der Waals surface area contributed by atoms with E-state index in [1.54, 1.807) is 0 Å². The molecule has 312 valence electrons. The van der Waals surface area contributed by atoms with Crippen molar-refractivity contribution in [3.8, 4) is 0 Å². The molecule has 0 aromatic carbocycles. The second-order valence-corrected chi connectivity index (χ2v) is 15.3. The Bertz CT molecular complexity index is 1070. The van der Waals surface area contributed by atoms with Crippen molar-refractivity contribution in [3.63, 3.8) is 0 Å². The smallest absolute Gasteiger partial charge is 0.462 e. The maximum atomic E-state index is 12.5. The number of hydrogen-bond acceptors (Lipinski definition) is 8. The van der Waals surface area contributed by atoms with Gasteiger partial charge < -0.3 is 20.1 Å². The lowest BCUT2D eigenvalue weighted by atomic mass is 10.0. The van der Waals surface area contributed by atoms with Gasteiger partial charge in [0.05, 0.1) is 13.2 Å². The standard InChI is InChI=1S/C44H78NO8P/c1-3-5-7-9-11-13-15-17-19-20-21-22-23-25-27-29-31-33-35-37-44(47)53-42(41-52-54(48,49)51-39-38-45)40-50-43(46)36-34-32-30-28-26-24-18-16-14-12-10-8-6-4-2/h11,13,17,19,21-22,25,27,31,33,42H,3-10,12,14-16,18,20,23-24,26,28-30,32,34-41,45H2,1-2H3,(H,48,49)/b13-11-,19-17-,22-21-,27-25-,33-31-. The summed E-state index contributed by atoms with van der Waals surface area (Å²) in [6, 6.07) is 0. The van der Waals surface area contributed by atoms with Crippen molar-refractivity contribution in [1.82, 2.24) is 0 Å². The molecule has 0 radical (unpaired) electrons. The molecule has 0 aromatic rings. The highest BCUT2D eigenvalue weighted by molar-refractivity contribution is 7.47. The summed E-state index contributed by atoms with van der Waals surface area (Å²) in [4.78, 5) is 34.8. The Labute approximate surface area is 329 Å². The van der Waals surface area contributed by atoms with E-state index in [1.807, 2.05) is 12.2 Å². The van der Waals surface area contributed by atoms with E-state index in [9.17, 15) is 19.0 Å². The van der Waals surface area contributed by atoms with Crippen LogP contribution in [0.2, 0.25) is 0 Å². The Kier molecular flexibility index (Phi) is 38.7. The third-order valence-electron chi connectivity index (χ3n) is 8.67. The summed E-state index contributed by atoms with van der Waals surface area (Å²) in [5.74, 6) is -0.925. The topological polar surface area (TPSA) is 134 Å². The number of carbonyl (C=O) groups excluding carboxylic acids is 2. The van der Waals surface area contributed by atoms with E-state index in [-0.39, 0.29) is 32.6 Å².